The van der Waals surface area contributed by atoms with Gasteiger partial charge in [0, 0.05) is 61.8 Å². The van der Waals surface area contributed by atoms with Gasteiger partial charge in [-0.25, -0.2) is 9.37 Å². The molecule has 2 saturated heterocycles. The molecule has 0 unspecified atom stereocenters. The largest absolute Gasteiger partial charge is 0.473 e. The van der Waals surface area contributed by atoms with Crippen LogP contribution in [-0.2, 0) is 17.9 Å². The van der Waals surface area contributed by atoms with E-state index in [1.165, 1.54) is 6.07 Å². The number of hydrogen-bond acceptors (Lipinski definition) is 6. The van der Waals surface area contributed by atoms with Gasteiger partial charge in [-0.05, 0) is 31.5 Å². The highest BCUT2D eigenvalue weighted by atomic mass is 35.5. The van der Waals surface area contributed by atoms with Gasteiger partial charge in [0.15, 0.2) is 0 Å². The average molecular weight is 486 g/mol. The summed E-state index contributed by atoms with van der Waals surface area (Å²) in [6.45, 7) is 7.61. The number of nitrogens with zero attached hydrogens (tertiary/aromatic N) is 5. The van der Waals surface area contributed by atoms with Crippen LogP contribution < -0.4 is 9.64 Å². The molecule has 0 radical (unpaired) electrons. The number of rotatable bonds is 8. The molecule has 5 rings (SSSR count). The topological polar surface area (TPSA) is 55.7 Å². The van der Waals surface area contributed by atoms with E-state index < -0.39 is 0 Å². The van der Waals surface area contributed by atoms with Gasteiger partial charge in [0.25, 0.3) is 0 Å². The molecule has 34 heavy (non-hydrogen) atoms. The van der Waals surface area contributed by atoms with Crippen LogP contribution in [0.15, 0.2) is 48.8 Å². The summed E-state index contributed by atoms with van der Waals surface area (Å²) in [5.41, 5.74) is 0.446. The first-order valence-electron chi connectivity index (χ1n) is 11.7. The Morgan fingerprint density at radius 1 is 1.21 bits per heavy atom. The van der Waals surface area contributed by atoms with E-state index in [0.717, 1.165) is 57.4 Å². The standard InChI is InChI=1S/C25H29ClFN5O2/c1-18(25-28-8-9-32(25)16-21-7-14-33-21)30-10-12-31(13-11-30)23-3-2-4-24(29-23)34-17-19-5-6-20(26)15-22(19)27/h2-6,8-9,15,18,21H,7,10-14,16-17H2,1H3/t18-,21-/m0/s1. The van der Waals surface area contributed by atoms with Crippen LogP contribution in [-0.4, -0.2) is 58.3 Å². The van der Waals surface area contributed by atoms with Crippen molar-refractivity contribution in [1.29, 1.82) is 0 Å². The summed E-state index contributed by atoms with van der Waals surface area (Å²) >= 11 is 5.82. The molecule has 0 spiro atoms. The number of imidazole rings is 1. The fraction of sp³-hybridized carbons (Fsp3) is 0.440. The summed E-state index contributed by atoms with van der Waals surface area (Å²) in [5, 5.41) is 0.367. The predicted octanol–water partition coefficient (Wildman–Crippen LogP) is 4.32. The number of piperazine rings is 1. The van der Waals surface area contributed by atoms with E-state index in [1.54, 1.807) is 18.2 Å². The monoisotopic (exact) mass is 485 g/mol. The molecule has 0 aliphatic carbocycles. The van der Waals surface area contributed by atoms with Crippen LogP contribution in [0.5, 0.6) is 5.88 Å². The number of pyridine rings is 1. The average Bonchev–Trinajstić information content (AvgIpc) is 3.29. The van der Waals surface area contributed by atoms with Crippen LogP contribution in [0.2, 0.25) is 5.02 Å². The van der Waals surface area contributed by atoms with Crippen molar-refractivity contribution in [3.8, 4) is 5.88 Å². The van der Waals surface area contributed by atoms with Crippen LogP contribution in [0, 0.1) is 5.82 Å². The molecule has 1 aromatic carbocycles. The lowest BCUT2D eigenvalue weighted by Crippen LogP contribution is -2.48. The fourth-order valence-corrected chi connectivity index (χ4v) is 4.60. The third-order valence-corrected chi connectivity index (χ3v) is 6.84. The van der Waals surface area contributed by atoms with E-state index in [1.807, 2.05) is 18.3 Å². The molecule has 2 aromatic heterocycles. The van der Waals surface area contributed by atoms with Crippen molar-refractivity contribution in [2.24, 2.45) is 0 Å². The zero-order chi connectivity index (χ0) is 23.5. The molecule has 4 heterocycles. The van der Waals surface area contributed by atoms with Gasteiger partial charge in [-0.2, -0.15) is 4.98 Å². The highest BCUT2D eigenvalue weighted by Gasteiger charge is 2.27. The Morgan fingerprint density at radius 3 is 2.76 bits per heavy atom. The normalized spacial score (nSPS) is 19.6. The molecular weight excluding hydrogens is 457 g/mol. The van der Waals surface area contributed by atoms with Gasteiger partial charge in [-0.1, -0.05) is 23.7 Å². The highest BCUT2D eigenvalue weighted by molar-refractivity contribution is 6.30. The summed E-state index contributed by atoms with van der Waals surface area (Å²) in [6, 6.07) is 10.5. The van der Waals surface area contributed by atoms with Gasteiger partial charge < -0.3 is 18.9 Å². The van der Waals surface area contributed by atoms with Crippen molar-refractivity contribution in [2.45, 2.75) is 38.6 Å². The second kappa shape index (κ2) is 10.3. The Bertz CT molecular complexity index is 1110. The van der Waals surface area contributed by atoms with Crippen LogP contribution in [0.25, 0.3) is 0 Å². The number of hydrogen-bond donors (Lipinski definition) is 0. The second-order valence-electron chi connectivity index (χ2n) is 8.78. The van der Waals surface area contributed by atoms with Crippen molar-refractivity contribution in [3.63, 3.8) is 0 Å². The molecule has 2 aliphatic heterocycles. The molecule has 0 bridgehead atoms. The molecule has 2 fully saturated rings. The van der Waals surface area contributed by atoms with Gasteiger partial charge in [0.2, 0.25) is 5.88 Å². The molecule has 0 N–H and O–H groups in total. The van der Waals surface area contributed by atoms with E-state index >= 15 is 0 Å². The third-order valence-electron chi connectivity index (χ3n) is 6.60. The zero-order valence-corrected chi connectivity index (χ0v) is 20.0. The molecule has 180 valence electrons. The molecule has 0 amide bonds. The lowest BCUT2D eigenvalue weighted by atomic mass is 10.1. The van der Waals surface area contributed by atoms with Crippen LogP contribution in [0.4, 0.5) is 10.2 Å². The summed E-state index contributed by atoms with van der Waals surface area (Å²) in [7, 11) is 0. The van der Waals surface area contributed by atoms with Gasteiger partial charge >= 0.3 is 0 Å². The maximum Gasteiger partial charge on any atom is 0.215 e. The Balaban J connectivity index is 1.17. The first-order chi connectivity index (χ1) is 16.6. The lowest BCUT2D eigenvalue weighted by molar-refractivity contribution is -0.0599. The van der Waals surface area contributed by atoms with E-state index in [9.17, 15) is 4.39 Å². The van der Waals surface area contributed by atoms with E-state index in [-0.39, 0.29) is 18.5 Å². The van der Waals surface area contributed by atoms with Crippen molar-refractivity contribution in [2.75, 3.05) is 37.7 Å². The number of ether oxygens (including phenoxy) is 2. The second-order valence-corrected chi connectivity index (χ2v) is 9.21. The van der Waals surface area contributed by atoms with E-state index in [0.29, 0.717) is 22.6 Å². The third kappa shape index (κ3) is 5.19. The Labute approximate surface area is 204 Å². The Morgan fingerprint density at radius 2 is 2.03 bits per heavy atom. The minimum atomic E-state index is -0.380. The Hall–Kier alpha value is -2.68. The molecular formula is C25H29ClFN5O2. The Kier molecular flexibility index (Phi) is 6.99. The fourth-order valence-electron chi connectivity index (χ4n) is 4.44. The molecule has 9 heteroatoms. The quantitative estimate of drug-likeness (QED) is 0.473. The van der Waals surface area contributed by atoms with Crippen molar-refractivity contribution in [1.82, 2.24) is 19.4 Å². The van der Waals surface area contributed by atoms with E-state index in [2.05, 4.69) is 37.5 Å². The van der Waals surface area contributed by atoms with Crippen molar-refractivity contribution in [3.05, 3.63) is 71.0 Å². The molecule has 7 nitrogen and oxygen atoms in total. The molecule has 2 aliphatic rings. The van der Waals surface area contributed by atoms with Crippen molar-refractivity contribution < 1.29 is 13.9 Å². The minimum Gasteiger partial charge on any atom is -0.473 e. The van der Waals surface area contributed by atoms with Gasteiger partial charge in [0.05, 0.1) is 18.7 Å². The maximum absolute atomic E-state index is 14.0. The predicted molar refractivity (Wildman–Crippen MR) is 129 cm³/mol. The SMILES string of the molecule is C[C@@H](c1nccn1C[C@@H]1CCO1)N1CCN(c2cccc(OCc3ccc(Cl)cc3F)n2)CC1. The highest BCUT2D eigenvalue weighted by Crippen LogP contribution is 2.25. The summed E-state index contributed by atoms with van der Waals surface area (Å²) < 4.78 is 27.6. The summed E-state index contributed by atoms with van der Waals surface area (Å²) in [6.07, 6.45) is 5.37. The van der Waals surface area contributed by atoms with Crippen LogP contribution in [0.3, 0.4) is 0 Å². The van der Waals surface area contributed by atoms with Gasteiger partial charge in [-0.15, -0.1) is 0 Å². The van der Waals surface area contributed by atoms with Crippen LogP contribution in [0.1, 0.15) is 30.8 Å². The molecule has 2 atom stereocenters. The molecule has 0 saturated carbocycles. The number of halogens is 2. The first kappa shape index (κ1) is 23.1. The van der Waals surface area contributed by atoms with Gasteiger partial charge in [0.1, 0.15) is 24.1 Å². The van der Waals surface area contributed by atoms with Crippen LogP contribution >= 0.6 is 11.6 Å². The zero-order valence-electron chi connectivity index (χ0n) is 19.2. The number of benzene rings is 1. The van der Waals surface area contributed by atoms with Gasteiger partial charge in [-0.3, -0.25) is 4.90 Å². The molecule has 3 aromatic rings. The minimum absolute atomic E-state index is 0.100. The number of anilines is 1. The summed E-state index contributed by atoms with van der Waals surface area (Å²) in [4.78, 5) is 14.0. The van der Waals surface area contributed by atoms with E-state index in [4.69, 9.17) is 21.1 Å². The van der Waals surface area contributed by atoms with Crippen molar-refractivity contribution >= 4 is 17.4 Å². The smallest absolute Gasteiger partial charge is 0.215 e. The summed E-state index contributed by atoms with van der Waals surface area (Å²) in [5.74, 6) is 2.05. The lowest BCUT2D eigenvalue weighted by Gasteiger charge is -2.38. The number of aromatic nitrogens is 3. The first-order valence-corrected chi connectivity index (χ1v) is 12.1. The maximum atomic E-state index is 14.0.